The van der Waals surface area contributed by atoms with E-state index in [-0.39, 0.29) is 24.3 Å². The molecule has 1 heterocycles. The summed E-state index contributed by atoms with van der Waals surface area (Å²) in [6, 6.07) is 14.6. The number of nitrogens with zero attached hydrogens (tertiary/aromatic N) is 1. The van der Waals surface area contributed by atoms with Crippen LogP contribution in [0.4, 0.5) is 4.79 Å². The topological polar surface area (TPSA) is 95.9 Å². The van der Waals surface area contributed by atoms with Crippen LogP contribution in [0.2, 0.25) is 0 Å². The quantitative estimate of drug-likeness (QED) is 0.676. The van der Waals surface area contributed by atoms with E-state index in [1.165, 1.54) is 4.90 Å². The van der Waals surface area contributed by atoms with Gasteiger partial charge in [0.25, 0.3) is 0 Å². The predicted molar refractivity (Wildman–Crippen MR) is 126 cm³/mol. The van der Waals surface area contributed by atoms with Crippen LogP contribution < -0.4 is 5.32 Å². The number of rotatable bonds is 6. The summed E-state index contributed by atoms with van der Waals surface area (Å²) in [5.74, 6) is -1.40. The van der Waals surface area contributed by atoms with Gasteiger partial charge in [-0.25, -0.2) is 9.59 Å². The molecule has 0 aromatic heterocycles. The van der Waals surface area contributed by atoms with Gasteiger partial charge >= 0.3 is 12.1 Å². The maximum absolute atomic E-state index is 13.3. The zero-order valence-electron chi connectivity index (χ0n) is 19.5. The van der Waals surface area contributed by atoms with Crippen molar-refractivity contribution in [1.29, 1.82) is 0 Å². The Balaban J connectivity index is 1.28. The number of ether oxygens (including phenoxy) is 1. The number of likely N-dealkylation sites (tertiary alicyclic amines) is 1. The molecule has 1 saturated carbocycles. The number of amides is 2. The molecule has 34 heavy (non-hydrogen) atoms. The molecule has 1 saturated heterocycles. The molecule has 0 radical (unpaired) electrons. The Morgan fingerprint density at radius 2 is 1.65 bits per heavy atom. The standard InChI is InChI=1S/C27H30N2O5/c1-27(2)15-29(23(27)25(31)32)24(30)22(16-8-7-9-16)28-26(33)34-14-21-19-12-5-3-10-17(19)18-11-4-6-13-20(18)21/h3-6,10-13,16,21-23H,7-9,14-15H2,1-2H3,(H,28,33)(H,31,32). The average Bonchev–Trinajstić information content (AvgIpc) is 3.07. The van der Waals surface area contributed by atoms with E-state index in [2.05, 4.69) is 29.6 Å². The van der Waals surface area contributed by atoms with Gasteiger partial charge in [-0.2, -0.15) is 0 Å². The van der Waals surface area contributed by atoms with Gasteiger partial charge < -0.3 is 20.1 Å². The van der Waals surface area contributed by atoms with Crippen LogP contribution in [0.3, 0.4) is 0 Å². The Bertz CT molecular complexity index is 1090. The Morgan fingerprint density at radius 3 is 2.15 bits per heavy atom. The summed E-state index contributed by atoms with van der Waals surface area (Å²) in [6.07, 6.45) is 2.01. The van der Waals surface area contributed by atoms with Crippen LogP contribution in [0, 0.1) is 11.3 Å². The highest BCUT2D eigenvalue weighted by Gasteiger charge is 2.54. The van der Waals surface area contributed by atoms with Gasteiger partial charge in [0.2, 0.25) is 5.91 Å². The van der Waals surface area contributed by atoms with Gasteiger partial charge in [-0.05, 0) is 41.0 Å². The molecule has 5 rings (SSSR count). The lowest BCUT2D eigenvalue weighted by molar-refractivity contribution is -0.174. The monoisotopic (exact) mass is 462 g/mol. The fourth-order valence-electron chi connectivity index (χ4n) is 5.70. The van der Waals surface area contributed by atoms with E-state index in [0.29, 0.717) is 6.54 Å². The van der Waals surface area contributed by atoms with E-state index in [1.807, 2.05) is 38.1 Å². The minimum atomic E-state index is -1.02. The minimum Gasteiger partial charge on any atom is -0.480 e. The highest BCUT2D eigenvalue weighted by atomic mass is 16.5. The summed E-state index contributed by atoms with van der Waals surface area (Å²) >= 11 is 0. The van der Waals surface area contributed by atoms with E-state index < -0.39 is 29.6 Å². The summed E-state index contributed by atoms with van der Waals surface area (Å²) in [5, 5.41) is 12.4. The molecule has 0 bridgehead atoms. The molecule has 1 aliphatic heterocycles. The molecular weight excluding hydrogens is 432 g/mol. The SMILES string of the molecule is CC1(C)CN(C(=O)C(NC(=O)OCC2c3ccccc3-c3ccccc32)C2CCC2)C1C(=O)O. The Hall–Kier alpha value is -3.35. The van der Waals surface area contributed by atoms with E-state index >= 15 is 0 Å². The number of hydrogen-bond donors (Lipinski definition) is 2. The maximum Gasteiger partial charge on any atom is 0.407 e. The number of carbonyl (C=O) groups excluding carboxylic acids is 2. The van der Waals surface area contributed by atoms with Crippen LogP contribution in [0.1, 0.15) is 50.2 Å². The number of carboxylic acids is 1. The van der Waals surface area contributed by atoms with Gasteiger partial charge in [-0.1, -0.05) is 68.8 Å². The minimum absolute atomic E-state index is 0.00568. The molecule has 0 spiro atoms. The molecule has 3 aliphatic rings. The van der Waals surface area contributed by atoms with Gasteiger partial charge in [0, 0.05) is 17.9 Å². The second-order valence-electron chi connectivity index (χ2n) is 10.3. The zero-order valence-corrected chi connectivity index (χ0v) is 19.5. The summed E-state index contributed by atoms with van der Waals surface area (Å²) in [5.41, 5.74) is 4.05. The Morgan fingerprint density at radius 1 is 1.06 bits per heavy atom. The summed E-state index contributed by atoms with van der Waals surface area (Å²) < 4.78 is 5.65. The molecule has 7 heteroatoms. The van der Waals surface area contributed by atoms with Gasteiger partial charge in [0.15, 0.2) is 0 Å². The third-order valence-corrected chi connectivity index (χ3v) is 7.65. The molecule has 2 atom stereocenters. The van der Waals surface area contributed by atoms with Crippen LogP contribution in [-0.2, 0) is 14.3 Å². The van der Waals surface area contributed by atoms with Crippen molar-refractivity contribution in [3.63, 3.8) is 0 Å². The van der Waals surface area contributed by atoms with Crippen LogP contribution in [0.5, 0.6) is 0 Å². The lowest BCUT2D eigenvalue weighted by atomic mass is 9.73. The summed E-state index contributed by atoms with van der Waals surface area (Å²) in [4.78, 5) is 39.3. The van der Waals surface area contributed by atoms with E-state index in [0.717, 1.165) is 41.5 Å². The molecule has 2 aromatic rings. The number of hydrogen-bond acceptors (Lipinski definition) is 4. The van der Waals surface area contributed by atoms with Crippen molar-refractivity contribution in [1.82, 2.24) is 10.2 Å². The predicted octanol–water partition coefficient (Wildman–Crippen LogP) is 4.02. The second kappa shape index (κ2) is 8.46. The first-order valence-electron chi connectivity index (χ1n) is 11.9. The van der Waals surface area contributed by atoms with Gasteiger partial charge in [-0.15, -0.1) is 0 Å². The fraction of sp³-hybridized carbons (Fsp3) is 0.444. The summed E-state index contributed by atoms with van der Waals surface area (Å²) in [6.45, 7) is 4.21. The number of carbonyl (C=O) groups is 3. The van der Waals surface area contributed by atoms with Crippen molar-refractivity contribution >= 4 is 18.0 Å². The van der Waals surface area contributed by atoms with Crippen LogP contribution in [0.15, 0.2) is 48.5 Å². The van der Waals surface area contributed by atoms with Crippen LogP contribution >= 0.6 is 0 Å². The number of fused-ring (bicyclic) bond motifs is 3. The molecule has 7 nitrogen and oxygen atoms in total. The molecule has 2 unspecified atom stereocenters. The lowest BCUT2D eigenvalue weighted by Gasteiger charge is -2.53. The smallest absolute Gasteiger partial charge is 0.407 e. The molecular formula is C27H30N2O5. The van der Waals surface area contributed by atoms with Gasteiger partial charge in [-0.3, -0.25) is 4.79 Å². The Kier molecular flexibility index (Phi) is 5.58. The number of nitrogens with one attached hydrogen (secondary N) is 1. The van der Waals surface area contributed by atoms with Crippen LogP contribution in [-0.4, -0.2) is 53.2 Å². The van der Waals surface area contributed by atoms with Crippen molar-refractivity contribution in [3.8, 4) is 11.1 Å². The first-order valence-corrected chi connectivity index (χ1v) is 11.9. The first-order chi connectivity index (χ1) is 16.3. The van der Waals surface area contributed by atoms with Gasteiger partial charge in [0.1, 0.15) is 18.7 Å². The van der Waals surface area contributed by atoms with Crippen molar-refractivity contribution < 1.29 is 24.2 Å². The van der Waals surface area contributed by atoms with Crippen molar-refractivity contribution in [2.75, 3.05) is 13.2 Å². The molecule has 2 fully saturated rings. The molecule has 2 amide bonds. The summed E-state index contributed by atoms with van der Waals surface area (Å²) in [7, 11) is 0. The zero-order chi connectivity index (χ0) is 24.0. The highest BCUT2D eigenvalue weighted by Crippen LogP contribution is 2.44. The van der Waals surface area contributed by atoms with E-state index in [1.54, 1.807) is 0 Å². The fourth-order valence-corrected chi connectivity index (χ4v) is 5.70. The third kappa shape index (κ3) is 3.73. The number of aliphatic carboxylic acids is 1. The average molecular weight is 463 g/mol. The number of carboxylic acid groups (broad SMARTS) is 1. The van der Waals surface area contributed by atoms with Gasteiger partial charge in [0.05, 0.1) is 0 Å². The molecule has 2 aromatic carbocycles. The maximum atomic E-state index is 13.3. The lowest BCUT2D eigenvalue weighted by Crippen LogP contribution is -2.70. The number of benzene rings is 2. The largest absolute Gasteiger partial charge is 0.480 e. The normalized spacial score (nSPS) is 21.5. The number of alkyl carbamates (subject to hydrolysis) is 1. The van der Waals surface area contributed by atoms with E-state index in [9.17, 15) is 19.5 Å². The van der Waals surface area contributed by atoms with E-state index in [4.69, 9.17) is 4.74 Å². The second-order valence-corrected chi connectivity index (χ2v) is 10.3. The van der Waals surface area contributed by atoms with Crippen LogP contribution in [0.25, 0.3) is 11.1 Å². The van der Waals surface area contributed by atoms with Crippen molar-refractivity contribution in [2.45, 2.75) is 51.1 Å². The molecule has 2 N–H and O–H groups in total. The molecule has 2 aliphatic carbocycles. The Labute approximate surface area is 199 Å². The highest BCUT2D eigenvalue weighted by molar-refractivity contribution is 5.91. The van der Waals surface area contributed by atoms with Crippen molar-refractivity contribution in [3.05, 3.63) is 59.7 Å². The molecule has 178 valence electrons. The first kappa shape index (κ1) is 22.4. The third-order valence-electron chi connectivity index (χ3n) is 7.65. The van der Waals surface area contributed by atoms with Crippen molar-refractivity contribution in [2.24, 2.45) is 11.3 Å².